The molecule has 0 unspecified atom stereocenters. The zero-order valence-corrected chi connectivity index (χ0v) is 18.5. The SMILES string of the molecule is CC1(C)OB(c2cn(S(=O)(=O)Cc3ccccc3)c3c(F)cc(C#N)cc23)OC1(C)C. The molecule has 3 aromatic rings. The minimum absolute atomic E-state index is 0.0842. The molecule has 0 saturated carbocycles. The van der Waals surface area contributed by atoms with Gasteiger partial charge in [0.05, 0.1) is 34.1 Å². The van der Waals surface area contributed by atoms with Crippen LogP contribution in [0.3, 0.4) is 0 Å². The second-order valence-electron chi connectivity index (χ2n) is 8.68. The highest BCUT2D eigenvalue weighted by Gasteiger charge is 2.52. The number of nitriles is 1. The molecule has 160 valence electrons. The van der Waals surface area contributed by atoms with Gasteiger partial charge in [0.15, 0.2) is 0 Å². The number of nitrogens with zero attached hydrogens (tertiary/aromatic N) is 2. The van der Waals surface area contributed by atoms with Crippen LogP contribution in [0.5, 0.6) is 0 Å². The van der Waals surface area contributed by atoms with Gasteiger partial charge < -0.3 is 9.31 Å². The average Bonchev–Trinajstić information content (AvgIpc) is 3.17. The standard InChI is InChI=1S/C22H22BFN2O4S/c1-21(2)22(3,4)30-23(29-21)18-13-26(20-17(18)10-16(12-25)11-19(20)24)31(27,28)14-15-8-6-5-7-9-15/h5-11,13H,14H2,1-4H3. The molecule has 4 rings (SSSR count). The highest BCUT2D eigenvalue weighted by molar-refractivity contribution is 7.89. The van der Waals surface area contributed by atoms with Crippen LogP contribution < -0.4 is 5.46 Å². The number of benzene rings is 2. The zero-order valence-electron chi connectivity index (χ0n) is 17.7. The van der Waals surface area contributed by atoms with E-state index in [-0.39, 0.29) is 22.2 Å². The van der Waals surface area contributed by atoms with Gasteiger partial charge in [-0.3, -0.25) is 0 Å². The summed E-state index contributed by atoms with van der Waals surface area (Å²) in [5.74, 6) is -1.10. The predicted molar refractivity (Wildman–Crippen MR) is 117 cm³/mol. The van der Waals surface area contributed by atoms with Gasteiger partial charge in [-0.05, 0) is 45.4 Å². The summed E-state index contributed by atoms with van der Waals surface area (Å²) in [7, 11) is -4.87. The van der Waals surface area contributed by atoms with Crippen molar-refractivity contribution < 1.29 is 22.1 Å². The molecular formula is C22H22BFN2O4S. The molecule has 2 aromatic carbocycles. The Balaban J connectivity index is 1.91. The van der Waals surface area contributed by atoms with E-state index < -0.39 is 34.2 Å². The van der Waals surface area contributed by atoms with Crippen molar-refractivity contribution >= 4 is 33.5 Å². The third-order valence-corrected chi connectivity index (χ3v) is 7.56. The minimum Gasteiger partial charge on any atom is -0.399 e. The molecule has 6 nitrogen and oxygen atoms in total. The molecule has 0 radical (unpaired) electrons. The zero-order chi connectivity index (χ0) is 22.6. The van der Waals surface area contributed by atoms with E-state index in [4.69, 9.17) is 9.31 Å². The largest absolute Gasteiger partial charge is 0.497 e. The van der Waals surface area contributed by atoms with Crippen molar-refractivity contribution in [3.63, 3.8) is 0 Å². The molecule has 0 spiro atoms. The van der Waals surface area contributed by atoms with Crippen LogP contribution in [0.15, 0.2) is 48.7 Å². The van der Waals surface area contributed by atoms with E-state index in [1.807, 2.05) is 33.8 Å². The maximum absolute atomic E-state index is 15.0. The lowest BCUT2D eigenvalue weighted by Gasteiger charge is -2.32. The van der Waals surface area contributed by atoms with Crippen LogP contribution in [0.25, 0.3) is 10.9 Å². The van der Waals surface area contributed by atoms with Crippen molar-refractivity contribution in [2.45, 2.75) is 44.6 Å². The Morgan fingerprint density at radius 1 is 1.10 bits per heavy atom. The molecule has 0 atom stereocenters. The normalized spacial score (nSPS) is 17.7. The first-order chi connectivity index (χ1) is 14.4. The first kappa shape index (κ1) is 21.6. The fourth-order valence-electron chi connectivity index (χ4n) is 3.60. The van der Waals surface area contributed by atoms with Crippen LogP contribution in [0, 0.1) is 17.1 Å². The Morgan fingerprint density at radius 3 is 2.29 bits per heavy atom. The average molecular weight is 440 g/mol. The van der Waals surface area contributed by atoms with Gasteiger partial charge in [-0.2, -0.15) is 5.26 Å². The smallest absolute Gasteiger partial charge is 0.399 e. The molecule has 1 saturated heterocycles. The minimum atomic E-state index is -3.97. The lowest BCUT2D eigenvalue weighted by Crippen LogP contribution is -2.41. The van der Waals surface area contributed by atoms with E-state index in [2.05, 4.69) is 0 Å². The van der Waals surface area contributed by atoms with Gasteiger partial charge in [0.1, 0.15) is 5.82 Å². The van der Waals surface area contributed by atoms with Gasteiger partial charge in [-0.25, -0.2) is 16.8 Å². The lowest BCUT2D eigenvalue weighted by molar-refractivity contribution is 0.00578. The number of rotatable bonds is 4. The highest BCUT2D eigenvalue weighted by atomic mass is 32.2. The summed E-state index contributed by atoms with van der Waals surface area (Å²) >= 11 is 0. The molecule has 0 amide bonds. The summed E-state index contributed by atoms with van der Waals surface area (Å²) in [4.78, 5) is 0. The van der Waals surface area contributed by atoms with E-state index in [0.29, 0.717) is 11.0 Å². The number of hydrogen-bond acceptors (Lipinski definition) is 5. The maximum atomic E-state index is 15.0. The van der Waals surface area contributed by atoms with Gasteiger partial charge in [-0.15, -0.1) is 0 Å². The molecule has 1 aliphatic rings. The summed E-state index contributed by atoms with van der Waals surface area (Å²) < 4.78 is 54.7. The molecule has 0 bridgehead atoms. The third-order valence-electron chi connectivity index (χ3n) is 5.98. The van der Waals surface area contributed by atoms with Crippen molar-refractivity contribution in [1.82, 2.24) is 3.97 Å². The van der Waals surface area contributed by atoms with Crippen LogP contribution in [0.2, 0.25) is 0 Å². The Bertz CT molecular complexity index is 1290. The molecule has 1 aliphatic heterocycles. The molecular weight excluding hydrogens is 418 g/mol. The summed E-state index contributed by atoms with van der Waals surface area (Å²) in [5, 5.41) is 9.57. The van der Waals surface area contributed by atoms with E-state index in [1.165, 1.54) is 12.3 Å². The fraction of sp³-hybridized carbons (Fsp3) is 0.318. The molecule has 2 heterocycles. The topological polar surface area (TPSA) is 81.3 Å². The quantitative estimate of drug-likeness (QED) is 0.582. The number of aromatic nitrogens is 1. The summed E-state index contributed by atoms with van der Waals surface area (Å²) in [6.45, 7) is 7.50. The van der Waals surface area contributed by atoms with Gasteiger partial charge in [0, 0.05) is 17.0 Å². The monoisotopic (exact) mass is 440 g/mol. The van der Waals surface area contributed by atoms with Crippen LogP contribution in [0.4, 0.5) is 4.39 Å². The van der Waals surface area contributed by atoms with Gasteiger partial charge in [-0.1, -0.05) is 30.3 Å². The van der Waals surface area contributed by atoms with Crippen LogP contribution in [-0.4, -0.2) is 30.7 Å². The fourth-order valence-corrected chi connectivity index (χ4v) is 5.09. The number of halogens is 1. The van der Waals surface area contributed by atoms with Crippen molar-refractivity contribution in [2.24, 2.45) is 0 Å². The Morgan fingerprint density at radius 2 is 1.71 bits per heavy atom. The van der Waals surface area contributed by atoms with Crippen LogP contribution in [0.1, 0.15) is 38.8 Å². The predicted octanol–water partition coefficient (Wildman–Crippen LogP) is 3.33. The Kier molecular flexibility index (Phi) is 5.00. The van der Waals surface area contributed by atoms with E-state index in [1.54, 1.807) is 30.3 Å². The molecule has 1 aromatic heterocycles. The second-order valence-corrected chi connectivity index (χ2v) is 10.5. The summed E-state index contributed by atoms with van der Waals surface area (Å²) in [6, 6.07) is 13.1. The molecule has 0 aliphatic carbocycles. The van der Waals surface area contributed by atoms with Crippen molar-refractivity contribution in [3.05, 3.63) is 65.6 Å². The van der Waals surface area contributed by atoms with Gasteiger partial charge in [0.2, 0.25) is 10.0 Å². The van der Waals surface area contributed by atoms with E-state index >= 15 is 4.39 Å². The first-order valence-corrected chi connectivity index (χ1v) is 11.4. The molecule has 0 N–H and O–H groups in total. The van der Waals surface area contributed by atoms with Crippen molar-refractivity contribution in [1.29, 1.82) is 5.26 Å². The van der Waals surface area contributed by atoms with Gasteiger partial charge in [0.25, 0.3) is 0 Å². The third kappa shape index (κ3) is 3.65. The van der Waals surface area contributed by atoms with E-state index in [9.17, 15) is 13.7 Å². The van der Waals surface area contributed by atoms with Gasteiger partial charge >= 0.3 is 7.12 Å². The van der Waals surface area contributed by atoms with E-state index in [0.717, 1.165) is 10.0 Å². The van der Waals surface area contributed by atoms with Crippen molar-refractivity contribution in [2.75, 3.05) is 0 Å². The molecule has 1 fully saturated rings. The second kappa shape index (κ2) is 7.19. The molecule has 31 heavy (non-hydrogen) atoms. The van der Waals surface area contributed by atoms with Crippen molar-refractivity contribution in [3.8, 4) is 6.07 Å². The van der Waals surface area contributed by atoms with Crippen LogP contribution in [-0.2, 0) is 25.1 Å². The molecule has 9 heteroatoms. The number of hydrogen-bond donors (Lipinski definition) is 0. The Hall–Kier alpha value is -2.67. The maximum Gasteiger partial charge on any atom is 0.497 e. The summed E-state index contributed by atoms with van der Waals surface area (Å²) in [5.41, 5.74) is -0.432. The highest BCUT2D eigenvalue weighted by Crippen LogP contribution is 2.37. The number of fused-ring (bicyclic) bond motifs is 1. The van der Waals surface area contributed by atoms with Crippen LogP contribution >= 0.6 is 0 Å². The lowest BCUT2D eigenvalue weighted by atomic mass is 9.79. The summed E-state index contributed by atoms with van der Waals surface area (Å²) in [6.07, 6.45) is 1.34. The Labute approximate surface area is 181 Å². The first-order valence-electron chi connectivity index (χ1n) is 9.82.